The molecule has 0 spiro atoms. The first-order valence-electron chi connectivity index (χ1n) is 5.98. The van der Waals surface area contributed by atoms with Crippen molar-refractivity contribution in [3.05, 3.63) is 40.7 Å². The Morgan fingerprint density at radius 2 is 2.00 bits per heavy atom. The molecule has 0 fully saturated rings. The number of hydrogen-bond acceptors (Lipinski definition) is 3. The van der Waals surface area contributed by atoms with E-state index in [1.54, 1.807) is 0 Å². The van der Waals surface area contributed by atoms with Crippen LogP contribution >= 0.6 is 12.2 Å². The number of nitrogens with two attached hydrogens (primary N) is 1. The SMILES string of the molecule is CN1CCc2[nH]c(=S)ccc2-c2ccc(N)cc21. The smallest absolute Gasteiger partial charge is 0.103 e. The third-order valence-corrected chi connectivity index (χ3v) is 3.66. The normalized spacial score (nSPS) is 13.7. The molecule has 2 heterocycles. The highest BCUT2D eigenvalue weighted by atomic mass is 32.1. The molecule has 3 nitrogen and oxygen atoms in total. The first-order chi connectivity index (χ1) is 8.65. The number of nitrogens with zero attached hydrogens (tertiary/aromatic N) is 1. The molecule has 2 aromatic rings. The van der Waals surface area contributed by atoms with Gasteiger partial charge in [-0.25, -0.2) is 0 Å². The number of anilines is 2. The van der Waals surface area contributed by atoms with Crippen molar-refractivity contribution < 1.29 is 0 Å². The van der Waals surface area contributed by atoms with Crippen molar-refractivity contribution >= 4 is 23.6 Å². The highest BCUT2D eigenvalue weighted by molar-refractivity contribution is 7.71. The van der Waals surface area contributed by atoms with Crippen LogP contribution in [-0.4, -0.2) is 18.6 Å². The number of pyridine rings is 1. The van der Waals surface area contributed by atoms with Crippen molar-refractivity contribution in [1.29, 1.82) is 0 Å². The van der Waals surface area contributed by atoms with Gasteiger partial charge in [0.2, 0.25) is 0 Å². The van der Waals surface area contributed by atoms with Gasteiger partial charge in [-0.1, -0.05) is 18.3 Å². The number of nitrogen functional groups attached to an aromatic ring is 1. The Morgan fingerprint density at radius 1 is 1.22 bits per heavy atom. The Bertz CT molecular complexity index is 660. The number of fused-ring (bicyclic) bond motifs is 3. The van der Waals surface area contributed by atoms with Gasteiger partial charge in [0.25, 0.3) is 0 Å². The van der Waals surface area contributed by atoms with E-state index in [0.29, 0.717) is 0 Å². The predicted octanol–water partition coefficient (Wildman–Crippen LogP) is 2.99. The average Bonchev–Trinajstić information content (AvgIpc) is 2.48. The molecule has 1 aliphatic heterocycles. The Kier molecular flexibility index (Phi) is 2.59. The van der Waals surface area contributed by atoms with Crippen LogP contribution in [0.2, 0.25) is 0 Å². The van der Waals surface area contributed by atoms with Crippen LogP contribution in [0.3, 0.4) is 0 Å². The third kappa shape index (κ3) is 1.78. The Hall–Kier alpha value is -1.81. The van der Waals surface area contributed by atoms with Gasteiger partial charge in [-0.3, -0.25) is 0 Å². The second kappa shape index (κ2) is 4.14. The van der Waals surface area contributed by atoms with E-state index >= 15 is 0 Å². The van der Waals surface area contributed by atoms with E-state index < -0.39 is 0 Å². The first-order valence-corrected chi connectivity index (χ1v) is 6.39. The van der Waals surface area contributed by atoms with Crippen LogP contribution in [0.4, 0.5) is 11.4 Å². The quantitative estimate of drug-likeness (QED) is 0.563. The molecule has 18 heavy (non-hydrogen) atoms. The maximum absolute atomic E-state index is 5.89. The van der Waals surface area contributed by atoms with Crippen LogP contribution in [0.15, 0.2) is 30.3 Å². The van der Waals surface area contributed by atoms with Gasteiger partial charge >= 0.3 is 0 Å². The molecule has 3 rings (SSSR count). The standard InChI is InChI=1S/C14H15N3S/c1-17-7-6-12-10(4-5-14(18)16-12)11-3-2-9(15)8-13(11)17/h2-5,8H,6-7,15H2,1H3,(H,16,18). The van der Waals surface area contributed by atoms with Gasteiger partial charge in [0.1, 0.15) is 4.64 Å². The number of nitrogens with one attached hydrogen (secondary N) is 1. The molecule has 0 aliphatic carbocycles. The fraction of sp³-hybridized carbons (Fsp3) is 0.214. The van der Waals surface area contributed by atoms with E-state index in [1.165, 1.54) is 22.5 Å². The fourth-order valence-corrected chi connectivity index (χ4v) is 2.65. The monoisotopic (exact) mass is 257 g/mol. The Labute approximate surface area is 111 Å². The summed E-state index contributed by atoms with van der Waals surface area (Å²) in [6.07, 6.45) is 0.963. The van der Waals surface area contributed by atoms with Gasteiger partial charge in [-0.15, -0.1) is 0 Å². The zero-order valence-electron chi connectivity index (χ0n) is 10.2. The predicted molar refractivity (Wildman–Crippen MR) is 78.4 cm³/mol. The average molecular weight is 257 g/mol. The van der Waals surface area contributed by atoms with Crippen LogP contribution in [0.5, 0.6) is 0 Å². The highest BCUT2D eigenvalue weighted by Gasteiger charge is 2.17. The minimum absolute atomic E-state index is 0.787. The largest absolute Gasteiger partial charge is 0.399 e. The van der Waals surface area contributed by atoms with Gasteiger partial charge in [-0.05, 0) is 24.3 Å². The molecule has 3 N–H and O–H groups in total. The summed E-state index contributed by atoms with van der Waals surface area (Å²) in [6.45, 7) is 0.957. The lowest BCUT2D eigenvalue weighted by molar-refractivity contribution is 0.865. The van der Waals surface area contributed by atoms with E-state index in [1.807, 2.05) is 18.2 Å². The number of likely N-dealkylation sites (N-methyl/N-ethyl adjacent to an activating group) is 1. The number of aromatic nitrogens is 1. The van der Waals surface area contributed by atoms with Crippen molar-refractivity contribution in [3.63, 3.8) is 0 Å². The molecule has 0 unspecified atom stereocenters. The molecule has 1 aromatic carbocycles. The van der Waals surface area contributed by atoms with Gasteiger partial charge in [0.05, 0.1) is 0 Å². The van der Waals surface area contributed by atoms with Crippen LogP contribution < -0.4 is 10.6 Å². The Morgan fingerprint density at radius 3 is 2.83 bits per heavy atom. The van der Waals surface area contributed by atoms with Crippen molar-refractivity contribution in [3.8, 4) is 11.1 Å². The van der Waals surface area contributed by atoms with Crippen molar-refractivity contribution in [2.75, 3.05) is 24.2 Å². The van der Waals surface area contributed by atoms with Crippen molar-refractivity contribution in [1.82, 2.24) is 4.98 Å². The lowest BCUT2D eigenvalue weighted by Crippen LogP contribution is -2.19. The molecular weight excluding hydrogens is 242 g/mol. The van der Waals surface area contributed by atoms with Crippen molar-refractivity contribution in [2.45, 2.75) is 6.42 Å². The van der Waals surface area contributed by atoms with Crippen LogP contribution in [0.1, 0.15) is 5.69 Å². The highest BCUT2D eigenvalue weighted by Crippen LogP contribution is 2.36. The van der Waals surface area contributed by atoms with Gasteiger partial charge in [0.15, 0.2) is 0 Å². The van der Waals surface area contributed by atoms with Gasteiger partial charge in [0, 0.05) is 48.2 Å². The summed E-state index contributed by atoms with van der Waals surface area (Å²) in [5.41, 5.74) is 11.5. The molecule has 1 aliphatic rings. The minimum Gasteiger partial charge on any atom is -0.399 e. The lowest BCUT2D eigenvalue weighted by Gasteiger charge is -2.19. The number of benzene rings is 1. The summed E-state index contributed by atoms with van der Waals surface area (Å²) in [5, 5.41) is 0. The summed E-state index contributed by atoms with van der Waals surface area (Å²) in [5.74, 6) is 0. The van der Waals surface area contributed by atoms with E-state index in [9.17, 15) is 0 Å². The maximum Gasteiger partial charge on any atom is 0.103 e. The molecule has 0 saturated carbocycles. The summed E-state index contributed by atoms with van der Waals surface area (Å²) in [4.78, 5) is 5.54. The summed E-state index contributed by atoms with van der Waals surface area (Å²) < 4.78 is 0.787. The molecule has 1 aromatic heterocycles. The number of aromatic amines is 1. The summed E-state index contributed by atoms with van der Waals surface area (Å²) in [6, 6.07) is 10.1. The number of rotatable bonds is 0. The van der Waals surface area contributed by atoms with E-state index in [-0.39, 0.29) is 0 Å². The van der Waals surface area contributed by atoms with E-state index in [4.69, 9.17) is 18.0 Å². The fourth-order valence-electron chi connectivity index (χ4n) is 2.46. The van der Waals surface area contributed by atoms with Gasteiger partial charge < -0.3 is 15.6 Å². The molecule has 0 atom stereocenters. The van der Waals surface area contributed by atoms with Gasteiger partial charge in [-0.2, -0.15) is 0 Å². The molecule has 0 amide bonds. The topological polar surface area (TPSA) is 45.0 Å². The van der Waals surface area contributed by atoms with Crippen LogP contribution in [-0.2, 0) is 6.42 Å². The summed E-state index contributed by atoms with van der Waals surface area (Å²) >= 11 is 5.20. The number of hydrogen-bond donors (Lipinski definition) is 2. The van der Waals surface area contributed by atoms with Crippen molar-refractivity contribution in [2.24, 2.45) is 0 Å². The minimum atomic E-state index is 0.787. The van der Waals surface area contributed by atoms with Crippen LogP contribution in [0.25, 0.3) is 11.1 Å². The second-order valence-electron chi connectivity index (χ2n) is 4.66. The molecule has 0 saturated heterocycles. The maximum atomic E-state index is 5.89. The van der Waals surface area contributed by atoms with E-state index in [2.05, 4.69) is 29.1 Å². The molecule has 4 heteroatoms. The summed E-state index contributed by atoms with van der Waals surface area (Å²) in [7, 11) is 2.10. The molecule has 92 valence electrons. The molecular formula is C14H15N3S. The van der Waals surface area contributed by atoms with Crippen LogP contribution in [0, 0.1) is 4.64 Å². The first kappa shape index (κ1) is 11.3. The third-order valence-electron chi connectivity index (χ3n) is 3.42. The zero-order chi connectivity index (χ0) is 12.7. The zero-order valence-corrected chi connectivity index (χ0v) is 11.1. The Balaban J connectivity index is 2.29. The molecule has 0 radical (unpaired) electrons. The van der Waals surface area contributed by atoms with E-state index in [0.717, 1.165) is 23.3 Å². The number of H-pyrrole nitrogens is 1. The lowest BCUT2D eigenvalue weighted by atomic mass is 10.0. The molecule has 0 bridgehead atoms. The second-order valence-corrected chi connectivity index (χ2v) is 5.10.